The van der Waals surface area contributed by atoms with Crippen LogP contribution in [0.2, 0.25) is 0 Å². The van der Waals surface area contributed by atoms with Gasteiger partial charge in [-0.2, -0.15) is 0 Å². The van der Waals surface area contributed by atoms with Gasteiger partial charge in [0.25, 0.3) is 0 Å². The Bertz CT molecular complexity index is 1660. The van der Waals surface area contributed by atoms with Gasteiger partial charge >= 0.3 is 0 Å². The molecule has 10 heteroatoms. The van der Waals surface area contributed by atoms with Crippen LogP contribution in [0.25, 0.3) is 0 Å². The molecule has 0 aromatic heterocycles. The van der Waals surface area contributed by atoms with Crippen LogP contribution in [0.4, 0.5) is 0 Å². The van der Waals surface area contributed by atoms with Crippen LogP contribution in [0.3, 0.4) is 0 Å². The van der Waals surface area contributed by atoms with E-state index in [2.05, 4.69) is 76.4 Å². The molecule has 0 aliphatic carbocycles. The van der Waals surface area contributed by atoms with Gasteiger partial charge in [-0.3, -0.25) is 9.59 Å². The molecule has 0 heterocycles. The van der Waals surface area contributed by atoms with E-state index in [1.54, 1.807) is 0 Å². The van der Waals surface area contributed by atoms with Crippen molar-refractivity contribution in [1.82, 2.24) is 10.6 Å². The number of carbonyl (C=O) groups is 2. The number of ether oxygens (including phenoxy) is 4. The summed E-state index contributed by atoms with van der Waals surface area (Å²) in [6.07, 6.45) is 1.52. The predicted molar refractivity (Wildman–Crippen MR) is 224 cm³/mol. The van der Waals surface area contributed by atoms with Gasteiger partial charge in [-0.05, 0) is 94.5 Å². The van der Waals surface area contributed by atoms with Crippen LogP contribution in [-0.4, -0.2) is 74.8 Å². The van der Waals surface area contributed by atoms with Crippen LogP contribution in [0.5, 0.6) is 23.0 Å². The number of aliphatic hydroxyl groups excluding tert-OH is 2. The average Bonchev–Trinajstić information content (AvgIpc) is 3.19. The van der Waals surface area contributed by atoms with E-state index in [0.29, 0.717) is 50.8 Å². The first-order valence-corrected chi connectivity index (χ1v) is 19.9. The molecule has 0 aliphatic heterocycles. The quantitative estimate of drug-likeness (QED) is 0.0497. The van der Waals surface area contributed by atoms with Crippen molar-refractivity contribution in [3.8, 4) is 23.0 Å². The second-order valence-corrected chi connectivity index (χ2v) is 16.3. The maximum atomic E-state index is 13.9. The van der Waals surface area contributed by atoms with E-state index in [4.69, 9.17) is 18.9 Å². The van der Waals surface area contributed by atoms with Crippen LogP contribution in [-0.2, 0) is 33.3 Å². The highest BCUT2D eigenvalue weighted by molar-refractivity contribution is 6.05. The highest BCUT2D eigenvalue weighted by Gasteiger charge is 2.45. The normalized spacial score (nSPS) is 11.8. The molecule has 0 spiro atoms. The van der Waals surface area contributed by atoms with E-state index in [-0.39, 0.29) is 50.0 Å². The van der Waals surface area contributed by atoms with E-state index in [0.717, 1.165) is 22.6 Å². The summed E-state index contributed by atoms with van der Waals surface area (Å²) >= 11 is 0. The lowest BCUT2D eigenvalue weighted by molar-refractivity contribution is -0.144. The highest BCUT2D eigenvalue weighted by Crippen LogP contribution is 2.32. The summed E-state index contributed by atoms with van der Waals surface area (Å²) in [5.74, 6) is 1.92. The van der Waals surface area contributed by atoms with Crippen molar-refractivity contribution in [1.29, 1.82) is 0 Å². The molecule has 0 unspecified atom stereocenters. The van der Waals surface area contributed by atoms with Crippen LogP contribution in [0, 0.1) is 5.41 Å². The Morgan fingerprint density at radius 3 is 1.02 bits per heavy atom. The molecule has 0 bridgehead atoms. The minimum atomic E-state index is -1.58. The Hall–Kier alpha value is -5.06. The zero-order chi connectivity index (χ0) is 41.3. The summed E-state index contributed by atoms with van der Waals surface area (Å²) in [6.45, 7) is 14.4. The first-order valence-electron chi connectivity index (χ1n) is 19.9. The van der Waals surface area contributed by atoms with E-state index in [1.165, 1.54) is 11.1 Å². The fourth-order valence-electron chi connectivity index (χ4n) is 6.25. The van der Waals surface area contributed by atoms with Crippen molar-refractivity contribution >= 4 is 11.8 Å². The highest BCUT2D eigenvalue weighted by atomic mass is 16.5. The van der Waals surface area contributed by atoms with Gasteiger partial charge < -0.3 is 39.8 Å². The Morgan fingerprint density at radius 1 is 0.474 bits per heavy atom. The van der Waals surface area contributed by atoms with Crippen molar-refractivity contribution in [2.24, 2.45) is 5.41 Å². The number of aliphatic hydroxyl groups is 2. The number of carbonyl (C=O) groups excluding carboxylic acids is 2. The van der Waals surface area contributed by atoms with Gasteiger partial charge in [0, 0.05) is 25.9 Å². The molecule has 4 aromatic carbocycles. The monoisotopic (exact) mass is 782 g/mol. The zero-order valence-corrected chi connectivity index (χ0v) is 34.6. The lowest BCUT2D eigenvalue weighted by atomic mass is 9.74. The average molecular weight is 783 g/mol. The summed E-state index contributed by atoms with van der Waals surface area (Å²) in [5.41, 5.74) is 2.58. The largest absolute Gasteiger partial charge is 0.493 e. The van der Waals surface area contributed by atoms with E-state index < -0.39 is 17.2 Å². The lowest BCUT2D eigenvalue weighted by Crippen LogP contribution is -2.55. The minimum Gasteiger partial charge on any atom is -0.493 e. The minimum absolute atomic E-state index is 0.00863. The second-order valence-electron chi connectivity index (χ2n) is 16.3. The summed E-state index contributed by atoms with van der Waals surface area (Å²) in [4.78, 5) is 27.8. The Morgan fingerprint density at radius 2 is 0.754 bits per heavy atom. The molecule has 0 atom stereocenters. The Balaban J connectivity index is 1.35. The van der Waals surface area contributed by atoms with Crippen molar-refractivity contribution in [2.75, 3.05) is 52.7 Å². The van der Waals surface area contributed by atoms with Crippen LogP contribution in [0.15, 0.2) is 97.1 Å². The van der Waals surface area contributed by atoms with E-state index in [1.807, 2.05) is 72.8 Å². The molecule has 2 amide bonds. The zero-order valence-electron chi connectivity index (χ0n) is 34.6. The number of rotatable bonds is 22. The summed E-state index contributed by atoms with van der Waals surface area (Å²) in [5, 5.41) is 24.5. The maximum absolute atomic E-state index is 13.9. The van der Waals surface area contributed by atoms with Crippen molar-refractivity contribution in [3.63, 3.8) is 0 Å². The van der Waals surface area contributed by atoms with Gasteiger partial charge in [0.05, 0.1) is 39.6 Å². The third-order valence-electron chi connectivity index (χ3n) is 9.62. The van der Waals surface area contributed by atoms with Gasteiger partial charge in [0.1, 0.15) is 28.4 Å². The molecular formula is C47H62N2O8. The molecule has 308 valence electrons. The molecule has 4 rings (SSSR count). The van der Waals surface area contributed by atoms with Crippen LogP contribution in [0.1, 0.15) is 76.6 Å². The van der Waals surface area contributed by atoms with E-state index >= 15 is 0 Å². The van der Waals surface area contributed by atoms with Crippen molar-refractivity contribution in [2.45, 2.75) is 78.1 Å². The molecule has 0 fully saturated rings. The fraction of sp³-hybridized carbons (Fsp3) is 0.447. The molecular weight excluding hydrogens is 721 g/mol. The molecule has 57 heavy (non-hydrogen) atoms. The van der Waals surface area contributed by atoms with Gasteiger partial charge in [0.15, 0.2) is 0 Å². The van der Waals surface area contributed by atoms with Gasteiger partial charge in [0.2, 0.25) is 11.8 Å². The SMILES string of the molecule is CC(C)(C)c1ccc(OCCCOc2ccc(CC(Cc3ccc(OCCCOc4ccc(C(C)(C)C)cc4)cc3)(C(=O)NCCO)C(=O)NCCO)cc2)cc1. The second kappa shape index (κ2) is 21.5. The smallest absolute Gasteiger partial charge is 0.236 e. The molecule has 0 aliphatic rings. The van der Waals surface area contributed by atoms with Crippen molar-refractivity contribution in [3.05, 3.63) is 119 Å². The summed E-state index contributed by atoms with van der Waals surface area (Å²) in [7, 11) is 0. The van der Waals surface area contributed by atoms with Crippen LogP contribution >= 0.6 is 0 Å². The van der Waals surface area contributed by atoms with Crippen LogP contribution < -0.4 is 29.6 Å². The third kappa shape index (κ3) is 14.1. The first-order chi connectivity index (χ1) is 27.2. The van der Waals surface area contributed by atoms with E-state index in [9.17, 15) is 19.8 Å². The molecule has 4 aromatic rings. The number of hydrogen-bond acceptors (Lipinski definition) is 8. The number of amides is 2. The molecule has 4 N–H and O–H groups in total. The molecule has 0 saturated carbocycles. The fourth-order valence-corrected chi connectivity index (χ4v) is 6.25. The predicted octanol–water partition coefficient (Wildman–Crippen LogP) is 6.97. The first kappa shape index (κ1) is 44.7. The standard InChI is InChI=1S/C47H62N2O8/c1-45(2,3)37-13-21-41(22-14-37)56-31-7-29-54-39-17-9-35(10-18-39)33-47(43(52)48-25-27-50,44(53)49-26-28-51)34-36-11-19-40(20-12-36)55-30-8-32-57-42-23-15-38(16-24-42)46(4,5)6/h9-24,50-51H,7-8,25-34H2,1-6H3,(H,48,52)(H,49,53). The summed E-state index contributed by atoms with van der Waals surface area (Å²) in [6, 6.07) is 31.0. The number of hydrogen-bond donors (Lipinski definition) is 4. The lowest BCUT2D eigenvalue weighted by Gasteiger charge is -2.32. The van der Waals surface area contributed by atoms with Crippen molar-refractivity contribution < 1.29 is 38.7 Å². The molecule has 0 saturated heterocycles. The third-order valence-corrected chi connectivity index (χ3v) is 9.62. The Labute approximate surface area is 338 Å². The number of nitrogens with one attached hydrogen (secondary N) is 2. The Kier molecular flexibility index (Phi) is 16.8. The van der Waals surface area contributed by atoms with Gasteiger partial charge in [-0.1, -0.05) is 90.1 Å². The molecule has 10 nitrogen and oxygen atoms in total. The molecule has 0 radical (unpaired) electrons. The topological polar surface area (TPSA) is 136 Å². The summed E-state index contributed by atoms with van der Waals surface area (Å²) < 4.78 is 23.7. The maximum Gasteiger partial charge on any atom is 0.236 e. The van der Waals surface area contributed by atoms with Gasteiger partial charge in [-0.25, -0.2) is 0 Å². The van der Waals surface area contributed by atoms with Gasteiger partial charge in [-0.15, -0.1) is 0 Å². The number of benzene rings is 4.